The third kappa shape index (κ3) is 4.47. The van der Waals surface area contributed by atoms with Crippen molar-refractivity contribution in [1.82, 2.24) is 30.0 Å². The number of pyridine rings is 2. The lowest BCUT2D eigenvalue weighted by molar-refractivity contribution is 0.0169. The van der Waals surface area contributed by atoms with Crippen LogP contribution in [0.25, 0.3) is 16.9 Å². The Balaban J connectivity index is 1.34. The summed E-state index contributed by atoms with van der Waals surface area (Å²) in [5.41, 5.74) is 3.07. The summed E-state index contributed by atoms with van der Waals surface area (Å²) in [6.45, 7) is 5.63. The van der Waals surface area contributed by atoms with E-state index < -0.39 is 0 Å². The van der Waals surface area contributed by atoms with E-state index in [0.717, 1.165) is 55.9 Å². The fraction of sp³-hybridized carbons (Fsp3) is 0.385. The molecule has 1 aliphatic heterocycles. The molecule has 2 fully saturated rings. The lowest BCUT2D eigenvalue weighted by atomic mass is 10.1. The summed E-state index contributed by atoms with van der Waals surface area (Å²) in [7, 11) is 0. The van der Waals surface area contributed by atoms with Crippen LogP contribution in [-0.4, -0.2) is 63.4 Å². The number of thiophene rings is 1. The summed E-state index contributed by atoms with van der Waals surface area (Å²) < 4.78 is 7.32. The van der Waals surface area contributed by atoms with Crippen LogP contribution in [0.5, 0.6) is 0 Å². The van der Waals surface area contributed by atoms with Crippen LogP contribution in [0.2, 0.25) is 0 Å². The van der Waals surface area contributed by atoms with E-state index >= 15 is 0 Å². The Morgan fingerprint density at radius 2 is 2.09 bits per heavy atom. The molecule has 1 atom stereocenters. The van der Waals surface area contributed by atoms with Crippen LogP contribution >= 0.6 is 11.3 Å². The molecule has 1 amide bonds. The lowest BCUT2D eigenvalue weighted by Crippen LogP contribution is -2.43. The second-order valence-electron chi connectivity index (χ2n) is 9.14. The van der Waals surface area contributed by atoms with Crippen molar-refractivity contribution in [3.63, 3.8) is 0 Å². The number of morpholine rings is 1. The van der Waals surface area contributed by atoms with Gasteiger partial charge in [0.1, 0.15) is 0 Å². The molecule has 1 saturated carbocycles. The molecule has 1 saturated heterocycles. The Morgan fingerprint density at radius 3 is 2.80 bits per heavy atom. The average Bonchev–Trinajstić information content (AvgIpc) is 3.51. The van der Waals surface area contributed by atoms with Crippen molar-refractivity contribution in [2.75, 3.05) is 32.8 Å². The maximum atomic E-state index is 13.7. The van der Waals surface area contributed by atoms with Crippen molar-refractivity contribution in [2.24, 2.45) is 0 Å². The van der Waals surface area contributed by atoms with Gasteiger partial charge in [0.2, 0.25) is 0 Å². The summed E-state index contributed by atoms with van der Waals surface area (Å²) in [5, 5.41) is 10.8. The number of rotatable bonds is 7. The molecule has 0 spiro atoms. The van der Waals surface area contributed by atoms with Gasteiger partial charge in [-0.15, -0.1) is 11.3 Å². The van der Waals surface area contributed by atoms with E-state index in [0.29, 0.717) is 29.5 Å². The summed E-state index contributed by atoms with van der Waals surface area (Å²) in [6, 6.07) is 12.0. The molecule has 4 aromatic heterocycles. The van der Waals surface area contributed by atoms with E-state index in [2.05, 4.69) is 32.7 Å². The smallest absolute Gasteiger partial charge is 0.252 e. The van der Waals surface area contributed by atoms with Crippen LogP contribution in [0, 0.1) is 6.92 Å². The topological polar surface area (TPSA) is 85.2 Å². The first-order valence-corrected chi connectivity index (χ1v) is 13.0. The molecule has 180 valence electrons. The minimum atomic E-state index is -0.0854. The number of hydrogen-bond donors (Lipinski definition) is 1. The monoisotopic (exact) mass is 488 g/mol. The highest BCUT2D eigenvalue weighted by Gasteiger charge is 2.30. The molecule has 5 heterocycles. The zero-order chi connectivity index (χ0) is 23.8. The van der Waals surface area contributed by atoms with Gasteiger partial charge in [-0.1, -0.05) is 12.1 Å². The molecule has 35 heavy (non-hydrogen) atoms. The Kier molecular flexibility index (Phi) is 6.05. The Hall–Kier alpha value is -3.14. The number of carbonyl (C=O) groups excluding carboxylic acids is 1. The first-order chi connectivity index (χ1) is 17.2. The maximum absolute atomic E-state index is 13.7. The number of aromatic nitrogens is 4. The maximum Gasteiger partial charge on any atom is 0.252 e. The highest BCUT2D eigenvalue weighted by molar-refractivity contribution is 7.10. The predicted molar refractivity (Wildman–Crippen MR) is 135 cm³/mol. The molecule has 1 unspecified atom stereocenters. The molecular formula is C26H28N6O2S. The number of hydrogen-bond acceptors (Lipinski definition) is 7. The number of nitrogens with zero attached hydrogens (tertiary/aromatic N) is 5. The highest BCUT2D eigenvalue weighted by Crippen LogP contribution is 2.40. The van der Waals surface area contributed by atoms with Crippen molar-refractivity contribution < 1.29 is 9.53 Å². The molecule has 4 aromatic rings. The number of fused-ring (bicyclic) bond motifs is 1. The zero-order valence-corrected chi connectivity index (χ0v) is 20.5. The van der Waals surface area contributed by atoms with E-state index in [4.69, 9.17) is 14.8 Å². The number of carbonyl (C=O) groups is 1. The Bertz CT molecular complexity index is 1330. The number of nitrogens with one attached hydrogen (secondary N) is 1. The second kappa shape index (κ2) is 9.49. The fourth-order valence-electron chi connectivity index (χ4n) is 4.78. The Morgan fingerprint density at radius 1 is 1.23 bits per heavy atom. The molecule has 6 rings (SSSR count). The van der Waals surface area contributed by atoms with E-state index in [-0.39, 0.29) is 11.9 Å². The van der Waals surface area contributed by atoms with Crippen LogP contribution in [0.4, 0.5) is 0 Å². The van der Waals surface area contributed by atoms with Gasteiger partial charge < -0.3 is 10.1 Å². The summed E-state index contributed by atoms with van der Waals surface area (Å²) >= 11 is 1.73. The van der Waals surface area contributed by atoms with Crippen molar-refractivity contribution in [3.8, 4) is 5.82 Å². The van der Waals surface area contributed by atoms with Crippen LogP contribution in [0.15, 0.2) is 48.0 Å². The van der Waals surface area contributed by atoms with E-state index in [1.807, 2.05) is 31.2 Å². The van der Waals surface area contributed by atoms with Crippen LogP contribution in [0.3, 0.4) is 0 Å². The van der Waals surface area contributed by atoms with Crippen LogP contribution in [0.1, 0.15) is 51.4 Å². The molecule has 0 bridgehead atoms. The first kappa shape index (κ1) is 22.3. The third-order valence-electron chi connectivity index (χ3n) is 6.75. The number of amides is 1. The molecule has 1 aliphatic carbocycles. The minimum Gasteiger partial charge on any atom is -0.379 e. The largest absolute Gasteiger partial charge is 0.379 e. The van der Waals surface area contributed by atoms with Gasteiger partial charge in [-0.3, -0.25) is 9.69 Å². The van der Waals surface area contributed by atoms with Gasteiger partial charge in [-0.2, -0.15) is 9.78 Å². The van der Waals surface area contributed by atoms with Crippen LogP contribution in [-0.2, 0) is 4.74 Å². The van der Waals surface area contributed by atoms with Crippen molar-refractivity contribution >= 4 is 28.3 Å². The van der Waals surface area contributed by atoms with E-state index in [1.165, 1.54) is 4.88 Å². The van der Waals surface area contributed by atoms with Crippen molar-refractivity contribution in [1.29, 1.82) is 0 Å². The van der Waals surface area contributed by atoms with Gasteiger partial charge in [0.05, 0.1) is 35.9 Å². The van der Waals surface area contributed by atoms with Gasteiger partial charge in [0, 0.05) is 42.3 Å². The summed E-state index contributed by atoms with van der Waals surface area (Å²) in [5.74, 6) is 1.02. The minimum absolute atomic E-state index is 0.0854. The summed E-state index contributed by atoms with van der Waals surface area (Å²) in [4.78, 5) is 26.7. The third-order valence-corrected chi connectivity index (χ3v) is 7.73. The van der Waals surface area contributed by atoms with E-state index in [1.54, 1.807) is 22.2 Å². The van der Waals surface area contributed by atoms with Gasteiger partial charge in [-0.05, 0) is 49.4 Å². The first-order valence-electron chi connectivity index (χ1n) is 12.1. The van der Waals surface area contributed by atoms with Gasteiger partial charge >= 0.3 is 0 Å². The van der Waals surface area contributed by atoms with Gasteiger partial charge in [0.25, 0.3) is 5.91 Å². The van der Waals surface area contributed by atoms with Gasteiger partial charge in [-0.25, -0.2) is 9.97 Å². The molecular weight excluding hydrogens is 460 g/mol. The lowest BCUT2D eigenvalue weighted by Gasteiger charge is -2.34. The molecule has 2 aliphatic rings. The zero-order valence-electron chi connectivity index (χ0n) is 19.7. The number of ether oxygens (including phenoxy) is 1. The van der Waals surface area contributed by atoms with Crippen LogP contribution < -0.4 is 5.32 Å². The van der Waals surface area contributed by atoms with E-state index in [9.17, 15) is 4.79 Å². The summed E-state index contributed by atoms with van der Waals surface area (Å²) in [6.07, 6.45) is 3.95. The average molecular weight is 489 g/mol. The molecule has 0 aromatic carbocycles. The quantitative estimate of drug-likeness (QED) is 0.425. The van der Waals surface area contributed by atoms with Gasteiger partial charge in [0.15, 0.2) is 11.5 Å². The standard InChI is InChI=1S/C26H28N6O2S/c1-17-24-19(26(33)28-16-21(22-5-4-14-35-22)31-10-12-34-13-11-31)15-20(18-7-8-18)29-25(24)32(30-17)23-6-2-3-9-27-23/h2-6,9,14-15,18,21H,7-8,10-13,16H2,1H3,(H,28,33). The van der Waals surface area contributed by atoms with Crippen molar-refractivity contribution in [3.05, 3.63) is 69.8 Å². The predicted octanol–water partition coefficient (Wildman–Crippen LogP) is 3.87. The molecule has 1 N–H and O–H groups in total. The molecule has 9 heteroatoms. The number of aryl methyl sites for hydroxylation is 1. The highest BCUT2D eigenvalue weighted by atomic mass is 32.1. The van der Waals surface area contributed by atoms with Crippen molar-refractivity contribution in [2.45, 2.75) is 31.7 Å². The fourth-order valence-corrected chi connectivity index (χ4v) is 5.64. The Labute approximate surface area is 208 Å². The molecule has 0 radical (unpaired) electrons. The second-order valence-corrected chi connectivity index (χ2v) is 10.1. The SMILES string of the molecule is Cc1nn(-c2ccccn2)c2nc(C3CC3)cc(C(=O)NCC(c3cccs3)N3CCOCC3)c12. The molecule has 8 nitrogen and oxygen atoms in total. The normalized spacial score (nSPS) is 17.5.